The minimum absolute atomic E-state index is 0.696. The Hall–Kier alpha value is -1.59. The Balaban J connectivity index is 2.23. The van der Waals surface area contributed by atoms with Gasteiger partial charge >= 0.3 is 0 Å². The maximum Gasteiger partial charge on any atom is 0.178 e. The molecular weight excluding hydrogens is 144 g/mol. The van der Waals surface area contributed by atoms with E-state index in [0.29, 0.717) is 5.82 Å². The van der Waals surface area contributed by atoms with Gasteiger partial charge in [0.25, 0.3) is 0 Å². The van der Waals surface area contributed by atoms with E-state index in [1.165, 1.54) is 0 Å². The molecule has 2 heterocycles. The Bertz CT molecular complexity index is 257. The molecule has 1 aromatic heterocycles. The van der Waals surface area contributed by atoms with Crippen LogP contribution in [0.1, 0.15) is 0 Å². The molecule has 11 heavy (non-hydrogen) atoms. The molecule has 0 radical (unpaired) electrons. The maximum absolute atomic E-state index is 4.03. The van der Waals surface area contributed by atoms with Crippen molar-refractivity contribution in [3.05, 3.63) is 6.20 Å². The first-order chi connectivity index (χ1) is 5.47. The van der Waals surface area contributed by atoms with Crippen molar-refractivity contribution in [2.45, 2.75) is 0 Å². The van der Waals surface area contributed by atoms with Crippen LogP contribution in [0.5, 0.6) is 0 Å². The predicted molar refractivity (Wildman–Crippen MR) is 38.3 cm³/mol. The lowest BCUT2D eigenvalue weighted by molar-refractivity contribution is 0.754. The van der Waals surface area contributed by atoms with Gasteiger partial charge in [0.15, 0.2) is 5.82 Å². The van der Waals surface area contributed by atoms with E-state index >= 15 is 0 Å². The van der Waals surface area contributed by atoms with E-state index in [1.807, 2.05) is 4.90 Å². The van der Waals surface area contributed by atoms with Crippen molar-refractivity contribution in [3.63, 3.8) is 0 Å². The minimum Gasteiger partial charge on any atom is -0.313 e. The zero-order valence-electron chi connectivity index (χ0n) is 5.75. The summed E-state index contributed by atoms with van der Waals surface area (Å²) >= 11 is 0. The number of rotatable bonds is 1. The first-order valence-corrected chi connectivity index (χ1v) is 3.24. The van der Waals surface area contributed by atoms with Crippen LogP contribution in [-0.2, 0) is 0 Å². The number of nitrogens with zero attached hydrogens (tertiary/aromatic N) is 6. The van der Waals surface area contributed by atoms with E-state index in [-0.39, 0.29) is 0 Å². The summed E-state index contributed by atoms with van der Waals surface area (Å²) in [5, 5.41) is 14.1. The second-order valence-electron chi connectivity index (χ2n) is 2.10. The standard InChI is InChI=1S/C5H6N6/c1-2-11(4-6-1)5-3-7-9-10-8-5/h3-4H,1-2H2. The summed E-state index contributed by atoms with van der Waals surface area (Å²) in [6.07, 6.45) is 3.29. The van der Waals surface area contributed by atoms with Gasteiger partial charge in [0.05, 0.1) is 19.1 Å². The van der Waals surface area contributed by atoms with E-state index in [1.54, 1.807) is 12.5 Å². The van der Waals surface area contributed by atoms with Gasteiger partial charge in [-0.05, 0) is 10.4 Å². The first kappa shape index (κ1) is 6.14. The summed E-state index contributed by atoms with van der Waals surface area (Å²) in [5.41, 5.74) is 0. The van der Waals surface area contributed by atoms with Crippen LogP contribution < -0.4 is 4.90 Å². The maximum atomic E-state index is 4.03. The third-order valence-electron chi connectivity index (χ3n) is 1.40. The average Bonchev–Trinajstić information content (AvgIpc) is 2.58. The van der Waals surface area contributed by atoms with E-state index in [0.717, 1.165) is 13.1 Å². The lowest BCUT2D eigenvalue weighted by atomic mass is 10.6. The van der Waals surface area contributed by atoms with Gasteiger partial charge in [-0.2, -0.15) is 0 Å². The number of anilines is 1. The molecule has 0 spiro atoms. The summed E-state index contributed by atoms with van der Waals surface area (Å²) in [7, 11) is 0. The molecule has 0 saturated heterocycles. The Morgan fingerprint density at radius 1 is 1.36 bits per heavy atom. The number of aromatic nitrogens is 4. The zero-order chi connectivity index (χ0) is 7.52. The fraction of sp³-hybridized carbons (Fsp3) is 0.400. The van der Waals surface area contributed by atoms with Crippen molar-refractivity contribution in [1.82, 2.24) is 20.6 Å². The predicted octanol–water partition coefficient (Wildman–Crippen LogP) is -0.885. The molecule has 0 aliphatic carbocycles. The van der Waals surface area contributed by atoms with Crippen molar-refractivity contribution in [2.24, 2.45) is 4.99 Å². The summed E-state index contributed by atoms with van der Waals surface area (Å²) in [6, 6.07) is 0. The van der Waals surface area contributed by atoms with Crippen LogP contribution in [0.2, 0.25) is 0 Å². The SMILES string of the molecule is C1=NCCN1c1cnnnn1. The Morgan fingerprint density at radius 3 is 3.00 bits per heavy atom. The molecule has 0 unspecified atom stereocenters. The van der Waals surface area contributed by atoms with Crippen LogP contribution in [-0.4, -0.2) is 40.1 Å². The van der Waals surface area contributed by atoms with Crippen LogP contribution >= 0.6 is 0 Å². The average molecular weight is 150 g/mol. The van der Waals surface area contributed by atoms with Crippen molar-refractivity contribution in [2.75, 3.05) is 18.0 Å². The van der Waals surface area contributed by atoms with E-state index < -0.39 is 0 Å². The molecule has 0 amide bonds. The van der Waals surface area contributed by atoms with Crippen molar-refractivity contribution >= 4 is 12.2 Å². The summed E-state index contributed by atoms with van der Waals surface area (Å²) < 4.78 is 0. The lowest BCUT2D eigenvalue weighted by Gasteiger charge is -2.08. The zero-order valence-corrected chi connectivity index (χ0v) is 5.75. The van der Waals surface area contributed by atoms with Crippen molar-refractivity contribution in [1.29, 1.82) is 0 Å². The Morgan fingerprint density at radius 2 is 2.36 bits per heavy atom. The van der Waals surface area contributed by atoms with Gasteiger partial charge in [0.2, 0.25) is 0 Å². The van der Waals surface area contributed by atoms with Crippen LogP contribution in [0.4, 0.5) is 5.82 Å². The molecule has 0 bridgehead atoms. The fourth-order valence-corrected chi connectivity index (χ4v) is 0.877. The number of aliphatic imine (C=N–C) groups is 1. The summed E-state index contributed by atoms with van der Waals surface area (Å²) in [6.45, 7) is 1.66. The minimum atomic E-state index is 0.696. The molecular formula is C5H6N6. The molecule has 1 aliphatic heterocycles. The second kappa shape index (κ2) is 2.57. The highest BCUT2D eigenvalue weighted by atomic mass is 15.5. The van der Waals surface area contributed by atoms with Crippen LogP contribution in [0.3, 0.4) is 0 Å². The third kappa shape index (κ3) is 1.14. The molecule has 1 aromatic rings. The smallest absolute Gasteiger partial charge is 0.178 e. The fourth-order valence-electron chi connectivity index (χ4n) is 0.877. The van der Waals surface area contributed by atoms with Gasteiger partial charge in [-0.25, -0.2) is 0 Å². The first-order valence-electron chi connectivity index (χ1n) is 3.24. The van der Waals surface area contributed by atoms with Gasteiger partial charge in [0, 0.05) is 6.54 Å². The molecule has 1 aliphatic rings. The molecule has 0 saturated carbocycles. The van der Waals surface area contributed by atoms with Gasteiger partial charge in [-0.3, -0.25) is 4.99 Å². The Labute approximate surface area is 63.0 Å². The van der Waals surface area contributed by atoms with Crippen molar-refractivity contribution < 1.29 is 0 Å². The summed E-state index contributed by atoms with van der Waals surface area (Å²) in [4.78, 5) is 5.90. The lowest BCUT2D eigenvalue weighted by Crippen LogP contribution is -2.20. The van der Waals surface area contributed by atoms with Gasteiger partial charge in [0.1, 0.15) is 0 Å². The van der Waals surface area contributed by atoms with Crippen molar-refractivity contribution in [3.8, 4) is 0 Å². The highest BCUT2D eigenvalue weighted by Gasteiger charge is 2.08. The Kier molecular flexibility index (Phi) is 1.43. The summed E-state index contributed by atoms with van der Waals surface area (Å²) in [5.74, 6) is 0.696. The van der Waals surface area contributed by atoms with E-state index in [2.05, 4.69) is 25.6 Å². The molecule has 0 atom stereocenters. The monoisotopic (exact) mass is 150 g/mol. The molecule has 0 aromatic carbocycles. The molecule has 56 valence electrons. The normalized spacial score (nSPS) is 15.8. The van der Waals surface area contributed by atoms with Gasteiger partial charge in [-0.15, -0.1) is 10.2 Å². The molecule has 6 heteroatoms. The molecule has 0 N–H and O–H groups in total. The largest absolute Gasteiger partial charge is 0.313 e. The number of hydrogen-bond acceptors (Lipinski definition) is 6. The van der Waals surface area contributed by atoms with E-state index in [9.17, 15) is 0 Å². The van der Waals surface area contributed by atoms with Gasteiger partial charge < -0.3 is 4.90 Å². The van der Waals surface area contributed by atoms with Gasteiger partial charge in [-0.1, -0.05) is 0 Å². The number of hydrogen-bond donors (Lipinski definition) is 0. The van der Waals surface area contributed by atoms with Crippen LogP contribution in [0.15, 0.2) is 11.2 Å². The quantitative estimate of drug-likeness (QED) is 0.519. The molecule has 6 nitrogen and oxygen atoms in total. The van der Waals surface area contributed by atoms with Crippen LogP contribution in [0, 0.1) is 0 Å². The molecule has 0 fully saturated rings. The van der Waals surface area contributed by atoms with E-state index in [4.69, 9.17) is 0 Å². The third-order valence-corrected chi connectivity index (χ3v) is 1.40. The highest BCUT2D eigenvalue weighted by molar-refractivity contribution is 5.78. The second-order valence-corrected chi connectivity index (χ2v) is 2.10. The molecule has 2 rings (SSSR count). The van der Waals surface area contributed by atoms with Crippen LogP contribution in [0.25, 0.3) is 0 Å². The topological polar surface area (TPSA) is 67.2 Å². The highest BCUT2D eigenvalue weighted by Crippen LogP contribution is 2.05.